The summed E-state index contributed by atoms with van der Waals surface area (Å²) in [5.41, 5.74) is 0.461. The molecule has 1 aromatic carbocycles. The summed E-state index contributed by atoms with van der Waals surface area (Å²) in [5, 5.41) is 20.5. The Hall–Kier alpha value is -3.22. The second kappa shape index (κ2) is 10.6. The Morgan fingerprint density at radius 3 is 2.60 bits per heavy atom. The van der Waals surface area contributed by atoms with Crippen LogP contribution < -0.4 is 5.56 Å². The standard InChI is InChI=1S/C26H25N3O4S2/c1-16-19(15-27)23(31)29(18-10-5-6-11-18)25(33)22(16)20(30)12-7-13-28-24(32)21(35-26(28)34)14-17-8-3-2-4-9-17/h2-4,8-9,14,18,33H,5-7,10-13H2,1H3/b21-14-. The molecule has 180 valence electrons. The van der Waals surface area contributed by atoms with Gasteiger partial charge in [0.05, 0.1) is 10.5 Å². The Morgan fingerprint density at radius 2 is 1.94 bits per heavy atom. The van der Waals surface area contributed by atoms with Crippen molar-refractivity contribution in [2.45, 2.75) is 51.5 Å². The average molecular weight is 508 g/mol. The quantitative estimate of drug-likeness (QED) is 0.329. The van der Waals surface area contributed by atoms with E-state index < -0.39 is 5.56 Å². The lowest BCUT2D eigenvalue weighted by molar-refractivity contribution is -0.122. The Kier molecular flexibility index (Phi) is 7.53. The van der Waals surface area contributed by atoms with Crippen LogP contribution in [0.2, 0.25) is 0 Å². The third-order valence-electron chi connectivity index (χ3n) is 6.47. The van der Waals surface area contributed by atoms with Gasteiger partial charge in [-0.15, -0.1) is 0 Å². The second-order valence-corrected chi connectivity index (χ2v) is 10.4. The van der Waals surface area contributed by atoms with Crippen molar-refractivity contribution in [3.05, 3.63) is 67.8 Å². The lowest BCUT2D eigenvalue weighted by atomic mass is 9.98. The van der Waals surface area contributed by atoms with E-state index in [0.29, 0.717) is 15.6 Å². The molecular weight excluding hydrogens is 482 g/mol. The van der Waals surface area contributed by atoms with E-state index in [1.807, 2.05) is 36.4 Å². The number of ketones is 1. The number of nitrogens with zero attached hydrogens (tertiary/aromatic N) is 3. The van der Waals surface area contributed by atoms with Crippen molar-refractivity contribution in [1.29, 1.82) is 5.26 Å². The topological polar surface area (TPSA) is 103 Å². The van der Waals surface area contributed by atoms with E-state index in [1.165, 1.54) is 28.2 Å². The van der Waals surface area contributed by atoms with E-state index >= 15 is 0 Å². The van der Waals surface area contributed by atoms with Gasteiger partial charge in [0.25, 0.3) is 11.5 Å². The van der Waals surface area contributed by atoms with Crippen LogP contribution in [-0.4, -0.2) is 37.1 Å². The summed E-state index contributed by atoms with van der Waals surface area (Å²) in [6.07, 6.45) is 5.46. The second-order valence-electron chi connectivity index (χ2n) is 8.69. The van der Waals surface area contributed by atoms with Gasteiger partial charge in [-0.3, -0.25) is 23.9 Å². The Labute approximate surface area is 213 Å². The van der Waals surface area contributed by atoms with E-state index in [0.717, 1.165) is 31.2 Å². The number of hydrogen-bond acceptors (Lipinski definition) is 7. The Balaban J connectivity index is 1.49. The van der Waals surface area contributed by atoms with E-state index in [9.17, 15) is 24.8 Å². The largest absolute Gasteiger partial charge is 0.494 e. The van der Waals surface area contributed by atoms with Crippen molar-refractivity contribution in [2.75, 3.05) is 6.54 Å². The van der Waals surface area contributed by atoms with Crippen LogP contribution >= 0.6 is 24.0 Å². The van der Waals surface area contributed by atoms with Gasteiger partial charge in [-0.2, -0.15) is 5.26 Å². The molecule has 1 amide bonds. The fourth-order valence-electron chi connectivity index (χ4n) is 4.67. The number of carbonyl (C=O) groups excluding carboxylic acids is 2. The number of hydrogen-bond donors (Lipinski definition) is 1. The van der Waals surface area contributed by atoms with E-state index in [1.54, 1.807) is 6.08 Å². The monoisotopic (exact) mass is 507 g/mol. The number of Topliss-reactive ketones (excluding diaryl/α,β-unsaturated/α-hetero) is 1. The van der Waals surface area contributed by atoms with Gasteiger partial charge in [-0.25, -0.2) is 0 Å². The molecule has 0 spiro atoms. The van der Waals surface area contributed by atoms with Crippen LogP contribution in [0.5, 0.6) is 5.88 Å². The number of pyridine rings is 1. The van der Waals surface area contributed by atoms with Gasteiger partial charge in [-0.1, -0.05) is 67.2 Å². The summed E-state index contributed by atoms with van der Waals surface area (Å²) in [7, 11) is 0. The predicted octanol–water partition coefficient (Wildman–Crippen LogP) is 4.71. The molecular formula is C26H25N3O4S2. The first-order valence-corrected chi connectivity index (χ1v) is 12.8. The number of aromatic nitrogens is 1. The van der Waals surface area contributed by atoms with Crippen LogP contribution in [0.15, 0.2) is 40.0 Å². The predicted molar refractivity (Wildman–Crippen MR) is 139 cm³/mol. The fourth-order valence-corrected chi connectivity index (χ4v) is 5.98. The summed E-state index contributed by atoms with van der Waals surface area (Å²) in [6, 6.07) is 11.2. The number of carbonyl (C=O) groups is 2. The first-order valence-electron chi connectivity index (χ1n) is 11.5. The number of benzene rings is 1. The third kappa shape index (κ3) is 4.95. The SMILES string of the molecule is Cc1c(C(=O)CCCN2C(=O)/C(=C/c3ccccc3)SC2=S)c(O)n(C2CCCC2)c(=O)c1C#N. The molecule has 2 aliphatic rings. The first-order chi connectivity index (χ1) is 16.8. The van der Waals surface area contributed by atoms with Gasteiger partial charge in [0, 0.05) is 19.0 Å². The summed E-state index contributed by atoms with van der Waals surface area (Å²) < 4.78 is 1.66. The molecule has 1 aromatic heterocycles. The molecule has 35 heavy (non-hydrogen) atoms. The van der Waals surface area contributed by atoms with Gasteiger partial charge in [0.2, 0.25) is 5.88 Å². The highest BCUT2D eigenvalue weighted by atomic mass is 32.2. The minimum absolute atomic E-state index is 0.0161. The number of thiocarbonyl (C=S) groups is 1. The minimum atomic E-state index is -0.547. The first kappa shape index (κ1) is 24.9. The molecule has 2 aromatic rings. The van der Waals surface area contributed by atoms with Crippen LogP contribution in [0.3, 0.4) is 0 Å². The summed E-state index contributed by atoms with van der Waals surface area (Å²) in [5.74, 6) is -0.926. The third-order valence-corrected chi connectivity index (χ3v) is 7.85. The van der Waals surface area contributed by atoms with Gasteiger partial charge in [-0.05, 0) is 43.4 Å². The van der Waals surface area contributed by atoms with Crippen LogP contribution in [0.4, 0.5) is 0 Å². The van der Waals surface area contributed by atoms with Crippen molar-refractivity contribution in [3.8, 4) is 11.9 Å². The number of amides is 1. The van der Waals surface area contributed by atoms with Crippen LogP contribution in [-0.2, 0) is 4.79 Å². The molecule has 0 bridgehead atoms. The van der Waals surface area contributed by atoms with Crippen molar-refractivity contribution in [1.82, 2.24) is 9.47 Å². The van der Waals surface area contributed by atoms with Crippen molar-refractivity contribution < 1.29 is 14.7 Å². The summed E-state index contributed by atoms with van der Waals surface area (Å²) in [4.78, 5) is 40.8. The number of rotatable bonds is 7. The molecule has 0 unspecified atom stereocenters. The van der Waals surface area contributed by atoms with Gasteiger partial charge in [0.1, 0.15) is 16.0 Å². The average Bonchev–Trinajstić information content (AvgIpc) is 3.44. The van der Waals surface area contributed by atoms with Gasteiger partial charge < -0.3 is 5.11 Å². The van der Waals surface area contributed by atoms with Crippen LogP contribution in [0.25, 0.3) is 6.08 Å². The zero-order valence-corrected chi connectivity index (χ0v) is 21.0. The van der Waals surface area contributed by atoms with Gasteiger partial charge >= 0.3 is 0 Å². The van der Waals surface area contributed by atoms with Crippen LogP contribution in [0, 0.1) is 18.3 Å². The number of thioether (sulfide) groups is 1. The zero-order chi connectivity index (χ0) is 25.1. The lowest BCUT2D eigenvalue weighted by Gasteiger charge is -2.20. The highest BCUT2D eigenvalue weighted by molar-refractivity contribution is 8.26. The summed E-state index contributed by atoms with van der Waals surface area (Å²) in [6.45, 7) is 1.78. The molecule has 1 N–H and O–H groups in total. The molecule has 9 heteroatoms. The number of nitriles is 1. The molecule has 7 nitrogen and oxygen atoms in total. The van der Waals surface area contributed by atoms with E-state index in [4.69, 9.17) is 12.2 Å². The van der Waals surface area contributed by atoms with Gasteiger partial charge in [0.15, 0.2) is 5.78 Å². The molecule has 1 saturated carbocycles. The fraction of sp³-hybridized carbons (Fsp3) is 0.346. The number of aromatic hydroxyl groups is 1. The molecule has 1 saturated heterocycles. The molecule has 1 aliphatic heterocycles. The smallest absolute Gasteiger partial charge is 0.271 e. The summed E-state index contributed by atoms with van der Waals surface area (Å²) >= 11 is 6.61. The maximum absolute atomic E-state index is 13.1. The molecule has 4 rings (SSSR count). The van der Waals surface area contributed by atoms with Crippen LogP contribution in [0.1, 0.15) is 71.6 Å². The molecule has 2 fully saturated rings. The molecule has 0 radical (unpaired) electrons. The van der Waals surface area contributed by atoms with E-state index in [2.05, 4.69) is 0 Å². The maximum atomic E-state index is 13.1. The molecule has 0 atom stereocenters. The zero-order valence-electron chi connectivity index (χ0n) is 19.3. The highest BCUT2D eigenvalue weighted by Crippen LogP contribution is 2.35. The molecule has 1 aliphatic carbocycles. The minimum Gasteiger partial charge on any atom is -0.494 e. The van der Waals surface area contributed by atoms with Crippen molar-refractivity contribution >= 4 is 46.1 Å². The maximum Gasteiger partial charge on any atom is 0.271 e. The lowest BCUT2D eigenvalue weighted by Crippen LogP contribution is -2.30. The normalized spacial score (nSPS) is 17.4. The Bertz CT molecular complexity index is 1320. The van der Waals surface area contributed by atoms with E-state index in [-0.39, 0.29) is 53.3 Å². The van der Waals surface area contributed by atoms with Crippen molar-refractivity contribution in [2.24, 2.45) is 0 Å². The van der Waals surface area contributed by atoms with Crippen molar-refractivity contribution in [3.63, 3.8) is 0 Å². The highest BCUT2D eigenvalue weighted by Gasteiger charge is 2.32. The Morgan fingerprint density at radius 1 is 1.26 bits per heavy atom. The molecule has 2 heterocycles.